The first-order chi connectivity index (χ1) is 11.7. The molecule has 138 valence electrons. The van der Waals surface area contributed by atoms with Crippen LogP contribution in [-0.2, 0) is 0 Å². The maximum absolute atomic E-state index is 14.7. The van der Waals surface area contributed by atoms with Crippen molar-refractivity contribution in [3.8, 4) is 12.3 Å². The molecule has 0 aromatic rings. The van der Waals surface area contributed by atoms with E-state index >= 15 is 0 Å². The van der Waals surface area contributed by atoms with Crippen molar-refractivity contribution in [3.05, 3.63) is 11.6 Å². The summed E-state index contributed by atoms with van der Waals surface area (Å²) in [5, 5.41) is 31.8. The van der Waals surface area contributed by atoms with Crippen molar-refractivity contribution in [1.29, 1.82) is 0 Å². The van der Waals surface area contributed by atoms with Crippen LogP contribution < -0.4 is 0 Å². The SMILES string of the molecule is C#C[C@@]1(O)CC[C@H]2[C@@H]3[C@H](O)C=C4[C@H](F)[C@@H](O)CC[C@]4(C)[C@H]3CC[C@@]21C. The van der Waals surface area contributed by atoms with Crippen molar-refractivity contribution in [2.24, 2.45) is 28.6 Å². The van der Waals surface area contributed by atoms with E-state index in [0.717, 1.165) is 25.7 Å². The molecule has 3 saturated carbocycles. The van der Waals surface area contributed by atoms with Gasteiger partial charge in [0.05, 0.1) is 12.2 Å². The third-order valence-corrected chi connectivity index (χ3v) is 8.54. The maximum Gasteiger partial charge on any atom is 0.148 e. The fraction of sp³-hybridized carbons (Fsp3) is 0.810. The first-order valence-electron chi connectivity index (χ1n) is 9.60. The molecule has 0 heterocycles. The minimum Gasteiger partial charge on any atom is -0.390 e. The van der Waals surface area contributed by atoms with Crippen molar-refractivity contribution < 1.29 is 19.7 Å². The lowest BCUT2D eigenvalue weighted by Crippen LogP contribution is -2.58. The molecule has 0 bridgehead atoms. The molecule has 3 nitrogen and oxygen atoms in total. The van der Waals surface area contributed by atoms with E-state index in [2.05, 4.69) is 19.8 Å². The molecule has 3 N–H and O–H groups in total. The third-order valence-electron chi connectivity index (χ3n) is 8.54. The molecule has 0 aromatic heterocycles. The van der Waals surface area contributed by atoms with Crippen LogP contribution in [0.15, 0.2) is 11.6 Å². The summed E-state index contributed by atoms with van der Waals surface area (Å²) in [5.74, 6) is 2.95. The lowest BCUT2D eigenvalue weighted by atomic mass is 9.46. The predicted octanol–water partition coefficient (Wildman–Crippen LogP) is 2.59. The molecule has 25 heavy (non-hydrogen) atoms. The Kier molecular flexibility index (Phi) is 3.72. The average molecular weight is 348 g/mol. The highest BCUT2D eigenvalue weighted by atomic mass is 19.1. The van der Waals surface area contributed by atoms with Crippen LogP contribution in [0.3, 0.4) is 0 Å². The van der Waals surface area contributed by atoms with Gasteiger partial charge in [-0.3, -0.25) is 0 Å². The van der Waals surface area contributed by atoms with Crippen molar-refractivity contribution in [1.82, 2.24) is 0 Å². The van der Waals surface area contributed by atoms with Crippen LogP contribution in [0.25, 0.3) is 0 Å². The number of aliphatic hydroxyl groups excluding tert-OH is 2. The zero-order valence-electron chi connectivity index (χ0n) is 15.1. The minimum absolute atomic E-state index is 0.00248. The highest BCUT2D eigenvalue weighted by molar-refractivity contribution is 5.33. The molecule has 0 radical (unpaired) electrons. The van der Waals surface area contributed by atoms with E-state index in [4.69, 9.17) is 6.42 Å². The van der Waals surface area contributed by atoms with Gasteiger partial charge < -0.3 is 15.3 Å². The molecule has 4 aliphatic rings. The maximum atomic E-state index is 14.7. The lowest BCUT2D eigenvalue weighted by Gasteiger charge is -2.59. The summed E-state index contributed by atoms with van der Waals surface area (Å²) in [6.07, 6.45) is 8.48. The van der Waals surface area contributed by atoms with E-state index in [1.165, 1.54) is 0 Å². The largest absolute Gasteiger partial charge is 0.390 e. The molecule has 0 aromatic carbocycles. The molecule has 4 heteroatoms. The van der Waals surface area contributed by atoms with Crippen molar-refractivity contribution in [2.75, 3.05) is 0 Å². The number of fused-ring (bicyclic) bond motifs is 5. The van der Waals surface area contributed by atoms with Crippen LogP contribution in [0, 0.1) is 40.9 Å². The number of hydrogen-bond acceptors (Lipinski definition) is 3. The van der Waals surface area contributed by atoms with E-state index in [-0.39, 0.29) is 23.2 Å². The van der Waals surface area contributed by atoms with Crippen LogP contribution >= 0.6 is 0 Å². The summed E-state index contributed by atoms with van der Waals surface area (Å²) >= 11 is 0. The molecule has 9 atom stereocenters. The van der Waals surface area contributed by atoms with E-state index in [1.807, 2.05) is 0 Å². The van der Waals surface area contributed by atoms with Gasteiger partial charge >= 0.3 is 0 Å². The number of halogens is 1. The van der Waals surface area contributed by atoms with Crippen molar-refractivity contribution in [3.63, 3.8) is 0 Å². The quantitative estimate of drug-likeness (QED) is 0.466. The van der Waals surface area contributed by atoms with Gasteiger partial charge in [0.1, 0.15) is 11.8 Å². The van der Waals surface area contributed by atoms with E-state index in [0.29, 0.717) is 18.4 Å². The Morgan fingerprint density at radius 1 is 1.12 bits per heavy atom. The highest BCUT2D eigenvalue weighted by Crippen LogP contribution is 2.67. The molecule has 0 spiro atoms. The Morgan fingerprint density at radius 3 is 2.48 bits per heavy atom. The van der Waals surface area contributed by atoms with Crippen LogP contribution in [0.1, 0.15) is 52.4 Å². The topological polar surface area (TPSA) is 60.7 Å². The second kappa shape index (κ2) is 5.31. The fourth-order valence-electron chi connectivity index (χ4n) is 6.91. The Hall–Kier alpha value is -0.890. The Morgan fingerprint density at radius 2 is 1.80 bits per heavy atom. The smallest absolute Gasteiger partial charge is 0.148 e. The number of alkyl halides is 1. The van der Waals surface area contributed by atoms with Gasteiger partial charge in [-0.15, -0.1) is 6.42 Å². The lowest BCUT2D eigenvalue weighted by molar-refractivity contribution is -0.127. The fourth-order valence-corrected chi connectivity index (χ4v) is 6.91. The van der Waals surface area contributed by atoms with Gasteiger partial charge in [-0.2, -0.15) is 0 Å². The van der Waals surface area contributed by atoms with Crippen molar-refractivity contribution in [2.45, 2.75) is 76.4 Å². The van der Waals surface area contributed by atoms with Crippen LogP contribution in [0.2, 0.25) is 0 Å². The van der Waals surface area contributed by atoms with Crippen LogP contribution in [0.5, 0.6) is 0 Å². The number of terminal acetylenes is 1. The number of hydrogen-bond donors (Lipinski definition) is 3. The van der Waals surface area contributed by atoms with Crippen LogP contribution in [0.4, 0.5) is 4.39 Å². The minimum atomic E-state index is -1.38. The Balaban J connectivity index is 1.77. The summed E-state index contributed by atoms with van der Waals surface area (Å²) in [6, 6.07) is 0. The zero-order chi connectivity index (χ0) is 18.2. The van der Waals surface area contributed by atoms with Crippen LogP contribution in [-0.4, -0.2) is 39.3 Å². The second-order valence-corrected chi connectivity index (χ2v) is 9.33. The monoisotopic (exact) mass is 348 g/mol. The molecule has 0 unspecified atom stereocenters. The van der Waals surface area contributed by atoms with Gasteiger partial charge in [-0.1, -0.05) is 25.8 Å². The first-order valence-corrected chi connectivity index (χ1v) is 9.60. The van der Waals surface area contributed by atoms with Gasteiger partial charge in [-0.25, -0.2) is 4.39 Å². The van der Waals surface area contributed by atoms with Crippen molar-refractivity contribution >= 4 is 0 Å². The van der Waals surface area contributed by atoms with Gasteiger partial charge in [0.15, 0.2) is 0 Å². The molecule has 3 fully saturated rings. The Labute approximate surface area is 149 Å². The molecule has 0 amide bonds. The second-order valence-electron chi connectivity index (χ2n) is 9.33. The first kappa shape index (κ1) is 17.5. The van der Waals surface area contributed by atoms with E-state index < -0.39 is 29.4 Å². The standard InChI is InChI=1S/C21H29FO3/c1-4-21(25)10-6-13-17-12(5-9-20(13,21)3)19(2)8-7-15(23)18(22)14(19)11-16(17)24/h1,11-13,15-18,23-25H,5-10H2,2-3H3/t12-,13-,15-,16+,17+,18-,19+,20-,21+/m0/s1. The van der Waals surface area contributed by atoms with E-state index in [9.17, 15) is 19.7 Å². The van der Waals surface area contributed by atoms with Gasteiger partial charge in [0.25, 0.3) is 0 Å². The van der Waals surface area contributed by atoms with Gasteiger partial charge in [0.2, 0.25) is 0 Å². The predicted molar refractivity (Wildman–Crippen MR) is 93.2 cm³/mol. The molecular weight excluding hydrogens is 319 g/mol. The zero-order valence-corrected chi connectivity index (χ0v) is 15.1. The van der Waals surface area contributed by atoms with Gasteiger partial charge in [0, 0.05) is 5.41 Å². The van der Waals surface area contributed by atoms with E-state index in [1.54, 1.807) is 6.08 Å². The summed E-state index contributed by atoms with van der Waals surface area (Å²) < 4.78 is 14.7. The third kappa shape index (κ3) is 2.04. The molecule has 4 rings (SSSR count). The average Bonchev–Trinajstić information content (AvgIpc) is 2.86. The summed E-state index contributed by atoms with van der Waals surface area (Å²) in [6.45, 7) is 4.17. The Bertz CT molecular complexity index is 654. The summed E-state index contributed by atoms with van der Waals surface area (Å²) in [7, 11) is 0. The normalized spacial score (nSPS) is 57.7. The highest BCUT2D eigenvalue weighted by Gasteiger charge is 2.65. The summed E-state index contributed by atoms with van der Waals surface area (Å²) in [4.78, 5) is 0. The number of rotatable bonds is 0. The molecule has 0 saturated heterocycles. The number of aliphatic hydroxyl groups is 3. The molecular formula is C21H29FO3. The molecule has 0 aliphatic heterocycles. The molecule has 4 aliphatic carbocycles. The summed E-state index contributed by atoms with van der Waals surface area (Å²) in [5.41, 5.74) is -1.23. The van der Waals surface area contributed by atoms with Gasteiger partial charge in [-0.05, 0) is 67.3 Å².